The zero-order valence-electron chi connectivity index (χ0n) is 22.1. The summed E-state index contributed by atoms with van der Waals surface area (Å²) in [6, 6.07) is 13.1. The Morgan fingerprint density at radius 3 is 0.867 bits per heavy atom. The van der Waals surface area contributed by atoms with Crippen LogP contribution in [0.15, 0.2) is 72.8 Å². The number of carbonyl (C=O) groups excluding carboxylic acids is 3. The Hall–Kier alpha value is -5.43. The molecule has 0 aliphatic heterocycles. The van der Waals surface area contributed by atoms with Gasteiger partial charge in [0.05, 0.1) is 48.4 Å². The number of halogens is 3. The fourth-order valence-corrected chi connectivity index (χ4v) is 4.43. The highest BCUT2D eigenvalue weighted by Crippen LogP contribution is 2.27. The summed E-state index contributed by atoms with van der Waals surface area (Å²) in [7, 11) is 0. The van der Waals surface area contributed by atoms with Crippen LogP contribution in [0.2, 0.25) is 15.1 Å². The van der Waals surface area contributed by atoms with Gasteiger partial charge in [-0.15, -0.1) is 0 Å². The third kappa shape index (κ3) is 7.75. The minimum atomic E-state index is -1.31. The summed E-state index contributed by atoms with van der Waals surface area (Å²) in [6.07, 6.45) is 0. The second-order valence-electron chi connectivity index (χ2n) is 8.81. The second-order valence-corrected chi connectivity index (χ2v) is 10.0. The van der Waals surface area contributed by atoms with E-state index in [2.05, 4.69) is 0 Å². The molecule has 0 fully saturated rings. The topological polar surface area (TPSA) is 191 Å². The highest BCUT2D eigenvalue weighted by molar-refractivity contribution is 6.34. The van der Waals surface area contributed by atoms with Crippen molar-refractivity contribution >= 4 is 70.6 Å². The van der Waals surface area contributed by atoms with Crippen LogP contribution in [-0.2, 0) is 0 Å². The van der Waals surface area contributed by atoms with Crippen molar-refractivity contribution in [1.29, 1.82) is 0 Å². The van der Waals surface area contributed by atoms with Crippen LogP contribution in [0.4, 0.5) is 0 Å². The summed E-state index contributed by atoms with van der Waals surface area (Å²) in [6.45, 7) is 0. The molecule has 0 spiro atoms. The molecule has 4 aromatic rings. The van der Waals surface area contributed by atoms with Gasteiger partial charge in [0, 0.05) is 18.2 Å². The van der Waals surface area contributed by atoms with Crippen molar-refractivity contribution < 1.29 is 58.3 Å². The van der Waals surface area contributed by atoms with Crippen molar-refractivity contribution in [3.05, 3.63) is 121 Å². The summed E-state index contributed by atoms with van der Waals surface area (Å²) < 4.78 is 15.8. The van der Waals surface area contributed by atoms with Gasteiger partial charge >= 0.3 is 35.8 Å². The first kappa shape index (κ1) is 32.5. The van der Waals surface area contributed by atoms with E-state index in [0.29, 0.717) is 0 Å². The van der Waals surface area contributed by atoms with E-state index in [4.69, 9.17) is 64.3 Å². The SMILES string of the molecule is O=C(Oc1ccc(C(=O)O)c(Cl)c1)c1cc(C(=O)Oc2ccc(C(=O)O)c(Cl)c2)cc(C(=O)Oc2ccc(C(=O)O)c(Cl)c2)c1. The molecule has 0 aliphatic rings. The van der Waals surface area contributed by atoms with Gasteiger partial charge in [-0.25, -0.2) is 28.8 Å². The lowest BCUT2D eigenvalue weighted by molar-refractivity contribution is 0.0685. The number of carbonyl (C=O) groups is 6. The van der Waals surface area contributed by atoms with Gasteiger partial charge in [-0.2, -0.15) is 0 Å². The number of hydrogen-bond acceptors (Lipinski definition) is 9. The molecule has 45 heavy (non-hydrogen) atoms. The number of carboxylic acid groups (broad SMARTS) is 3. The van der Waals surface area contributed by atoms with Crippen LogP contribution in [0, 0.1) is 0 Å². The summed E-state index contributed by atoms with van der Waals surface area (Å²) in [5, 5.41) is 26.8. The molecule has 4 rings (SSSR count). The molecule has 0 heterocycles. The quantitative estimate of drug-likeness (QED) is 0.131. The Morgan fingerprint density at radius 1 is 0.422 bits per heavy atom. The Morgan fingerprint density at radius 2 is 0.667 bits per heavy atom. The standard InChI is InChI=1S/C30H15Cl3O12/c31-22-10-16(1-4-19(22)25(34)35)43-28(40)13-7-14(29(41)44-17-2-5-20(26(36)37)23(32)11-17)9-15(8-13)30(42)45-18-3-6-21(27(38)39)24(33)12-18/h1-12H,(H,34,35)(H,36,37)(H,38,39). The van der Waals surface area contributed by atoms with Gasteiger partial charge in [0.2, 0.25) is 0 Å². The molecular formula is C30H15Cl3O12. The Labute approximate surface area is 266 Å². The lowest BCUT2D eigenvalue weighted by atomic mass is 10.1. The monoisotopic (exact) mass is 672 g/mol. The van der Waals surface area contributed by atoms with E-state index < -0.39 is 35.8 Å². The van der Waals surface area contributed by atoms with Crippen LogP contribution in [0.5, 0.6) is 17.2 Å². The van der Waals surface area contributed by atoms with Crippen LogP contribution in [0.25, 0.3) is 0 Å². The van der Waals surface area contributed by atoms with Crippen LogP contribution in [-0.4, -0.2) is 51.1 Å². The van der Waals surface area contributed by atoms with E-state index in [1.807, 2.05) is 0 Å². The molecule has 0 saturated carbocycles. The normalized spacial score (nSPS) is 10.5. The van der Waals surface area contributed by atoms with Crippen LogP contribution in [0.3, 0.4) is 0 Å². The number of aromatic carboxylic acids is 3. The first-order chi connectivity index (χ1) is 21.2. The fraction of sp³-hybridized carbons (Fsp3) is 0. The first-order valence-electron chi connectivity index (χ1n) is 12.1. The third-order valence-electron chi connectivity index (χ3n) is 5.78. The number of esters is 3. The maximum absolute atomic E-state index is 13.1. The molecule has 15 heteroatoms. The fourth-order valence-electron chi connectivity index (χ4n) is 3.68. The predicted octanol–water partition coefficient (Wildman–Crippen LogP) is 6.40. The van der Waals surface area contributed by atoms with Crippen molar-refractivity contribution in [3.63, 3.8) is 0 Å². The average molecular weight is 674 g/mol. The van der Waals surface area contributed by atoms with Crippen molar-refractivity contribution in [2.45, 2.75) is 0 Å². The van der Waals surface area contributed by atoms with E-state index >= 15 is 0 Å². The van der Waals surface area contributed by atoms with Gasteiger partial charge in [-0.3, -0.25) is 0 Å². The molecule has 0 atom stereocenters. The largest absolute Gasteiger partial charge is 0.478 e. The number of hydrogen-bond donors (Lipinski definition) is 3. The second kappa shape index (κ2) is 13.5. The van der Waals surface area contributed by atoms with Gasteiger partial charge in [0.1, 0.15) is 17.2 Å². The molecule has 3 N–H and O–H groups in total. The first-order valence-corrected chi connectivity index (χ1v) is 13.3. The van der Waals surface area contributed by atoms with Crippen LogP contribution >= 0.6 is 34.8 Å². The number of rotatable bonds is 9. The van der Waals surface area contributed by atoms with Crippen LogP contribution < -0.4 is 14.2 Å². The summed E-state index contributed by atoms with van der Waals surface area (Å²) in [5.74, 6) is -7.71. The highest BCUT2D eigenvalue weighted by Gasteiger charge is 2.22. The number of carboxylic acids is 3. The Balaban J connectivity index is 1.68. The lowest BCUT2D eigenvalue weighted by Crippen LogP contribution is -2.17. The average Bonchev–Trinajstić information content (AvgIpc) is 2.96. The molecule has 0 aromatic heterocycles. The summed E-state index contributed by atoms with van der Waals surface area (Å²) in [4.78, 5) is 72.9. The molecule has 4 aromatic carbocycles. The Bertz CT molecular complexity index is 1690. The minimum absolute atomic E-state index is 0.159. The molecule has 0 unspecified atom stereocenters. The van der Waals surface area contributed by atoms with E-state index in [1.54, 1.807) is 0 Å². The molecule has 0 amide bonds. The van der Waals surface area contributed by atoms with E-state index in [0.717, 1.165) is 72.8 Å². The van der Waals surface area contributed by atoms with E-state index in [1.165, 1.54) is 0 Å². The molecule has 0 saturated heterocycles. The van der Waals surface area contributed by atoms with Crippen molar-refractivity contribution in [2.75, 3.05) is 0 Å². The van der Waals surface area contributed by atoms with Gasteiger partial charge in [0.25, 0.3) is 0 Å². The predicted molar refractivity (Wildman–Crippen MR) is 157 cm³/mol. The van der Waals surface area contributed by atoms with Gasteiger partial charge in [-0.1, -0.05) is 34.8 Å². The van der Waals surface area contributed by atoms with Crippen molar-refractivity contribution in [1.82, 2.24) is 0 Å². The van der Waals surface area contributed by atoms with Gasteiger partial charge in [0.15, 0.2) is 0 Å². The maximum Gasteiger partial charge on any atom is 0.343 e. The molecule has 0 bridgehead atoms. The summed E-state index contributed by atoms with van der Waals surface area (Å²) in [5.41, 5.74) is -1.81. The molecule has 228 valence electrons. The third-order valence-corrected chi connectivity index (χ3v) is 6.72. The lowest BCUT2D eigenvalue weighted by Gasteiger charge is -2.11. The molecule has 0 radical (unpaired) electrons. The van der Waals surface area contributed by atoms with Gasteiger partial charge in [-0.05, 0) is 54.6 Å². The minimum Gasteiger partial charge on any atom is -0.478 e. The van der Waals surface area contributed by atoms with Gasteiger partial charge < -0.3 is 29.5 Å². The number of benzene rings is 4. The van der Waals surface area contributed by atoms with Crippen LogP contribution in [0.1, 0.15) is 62.1 Å². The zero-order valence-corrected chi connectivity index (χ0v) is 24.3. The molecule has 0 aliphatic carbocycles. The van der Waals surface area contributed by atoms with Crippen molar-refractivity contribution in [3.8, 4) is 17.2 Å². The smallest absolute Gasteiger partial charge is 0.343 e. The Kier molecular flexibility index (Phi) is 9.72. The molecular weight excluding hydrogens is 659 g/mol. The maximum atomic E-state index is 13.1. The van der Waals surface area contributed by atoms with Crippen molar-refractivity contribution in [2.24, 2.45) is 0 Å². The molecule has 12 nitrogen and oxygen atoms in total. The zero-order chi connectivity index (χ0) is 33.0. The van der Waals surface area contributed by atoms with E-state index in [9.17, 15) is 28.8 Å². The summed E-state index contributed by atoms with van der Waals surface area (Å²) >= 11 is 17.8. The van der Waals surface area contributed by atoms with E-state index in [-0.39, 0.29) is 65.7 Å². The highest BCUT2D eigenvalue weighted by atomic mass is 35.5. The number of ether oxygens (including phenoxy) is 3.